The van der Waals surface area contributed by atoms with Crippen LogP contribution < -0.4 is 38.2 Å². The molecule has 0 saturated carbocycles. The lowest BCUT2D eigenvalue weighted by Gasteiger charge is -2.50. The van der Waals surface area contributed by atoms with Gasteiger partial charge in [0.15, 0.2) is 0 Å². The summed E-state index contributed by atoms with van der Waals surface area (Å²) in [5.41, 5.74) is 6.06. The van der Waals surface area contributed by atoms with Gasteiger partial charge in [0, 0.05) is 10.8 Å². The number of rotatable bonds is 2. The summed E-state index contributed by atoms with van der Waals surface area (Å²) in [6, 6.07) is 0. The zero-order valence-corrected chi connectivity index (χ0v) is 19.2. The molecular formula is C23H23B7. The Hall–Kier alpha value is -1.11. The van der Waals surface area contributed by atoms with Crippen molar-refractivity contribution < 1.29 is 0 Å². The van der Waals surface area contributed by atoms with Crippen LogP contribution in [0.5, 0.6) is 0 Å². The maximum absolute atomic E-state index is 6.88. The van der Waals surface area contributed by atoms with E-state index < -0.39 is 10.8 Å². The van der Waals surface area contributed by atoms with Crippen LogP contribution in [0.2, 0.25) is 0 Å². The minimum absolute atomic E-state index is 0.247. The predicted molar refractivity (Wildman–Crippen MR) is 138 cm³/mol. The normalized spacial score (nSPS) is 16.8. The fraction of sp³-hybridized carbons (Fsp3) is 0.478. The third-order valence-corrected chi connectivity index (χ3v) is 7.34. The molecular weight excluding hydrogens is 352 g/mol. The summed E-state index contributed by atoms with van der Waals surface area (Å²) in [6.07, 6.45) is 0.860. The number of hydrogen-bond acceptors (Lipinski definition) is 0. The monoisotopic (exact) mass is 376 g/mol. The second-order valence-corrected chi connectivity index (χ2v) is 10.3. The molecule has 1 aliphatic rings. The van der Waals surface area contributed by atoms with Gasteiger partial charge in [-0.3, -0.25) is 0 Å². The van der Waals surface area contributed by atoms with Crippen molar-refractivity contribution in [3.63, 3.8) is 0 Å². The molecule has 0 spiro atoms. The quantitative estimate of drug-likeness (QED) is 0.528. The summed E-state index contributed by atoms with van der Waals surface area (Å²) in [6.45, 7) is 14.6. The Morgan fingerprint density at radius 3 is 1.17 bits per heavy atom. The third-order valence-electron chi connectivity index (χ3n) is 7.34. The fourth-order valence-corrected chi connectivity index (χ4v) is 5.39. The van der Waals surface area contributed by atoms with E-state index in [2.05, 4.69) is 34.6 Å². The molecule has 14 radical (unpaired) electrons. The third kappa shape index (κ3) is 2.83. The van der Waals surface area contributed by atoms with Gasteiger partial charge in [-0.2, -0.15) is 0 Å². The van der Waals surface area contributed by atoms with Crippen LogP contribution in [0.3, 0.4) is 0 Å². The smallest absolute Gasteiger partial charge is 0.111 e. The number of fused-ring (bicyclic) bond motifs is 2. The first-order valence-corrected chi connectivity index (χ1v) is 10.3. The van der Waals surface area contributed by atoms with Gasteiger partial charge in [-0.15, -0.1) is 16.4 Å². The summed E-state index contributed by atoms with van der Waals surface area (Å²) in [5, 5.41) is 0. The SMILES string of the molecule is [B]c1c([B])c([B])c2c(c1[B])C(C)(C)c1c([B])c([B])c(C(C)(C)CC)c([B])c1C2(C)C. The summed E-state index contributed by atoms with van der Waals surface area (Å²) < 4.78 is 0. The average Bonchev–Trinajstić information content (AvgIpc) is 2.63. The second kappa shape index (κ2) is 6.95. The van der Waals surface area contributed by atoms with Gasteiger partial charge in [0.1, 0.15) is 54.9 Å². The molecule has 0 N–H and O–H groups in total. The zero-order valence-electron chi connectivity index (χ0n) is 19.2. The summed E-state index contributed by atoms with van der Waals surface area (Å²) >= 11 is 0. The number of hydrogen-bond donors (Lipinski definition) is 0. The molecule has 0 aromatic heterocycles. The van der Waals surface area contributed by atoms with Crippen LogP contribution in [0.15, 0.2) is 0 Å². The predicted octanol–water partition coefficient (Wildman–Crippen LogP) is -2.10. The van der Waals surface area contributed by atoms with Crippen LogP contribution >= 0.6 is 0 Å². The maximum Gasteiger partial charge on any atom is 0.114 e. The van der Waals surface area contributed by atoms with Crippen LogP contribution in [-0.4, -0.2) is 54.9 Å². The maximum atomic E-state index is 6.88. The molecule has 30 heavy (non-hydrogen) atoms. The van der Waals surface area contributed by atoms with Crippen molar-refractivity contribution in [3.05, 3.63) is 27.8 Å². The van der Waals surface area contributed by atoms with Crippen molar-refractivity contribution in [1.82, 2.24) is 0 Å². The minimum atomic E-state index is -0.624. The lowest BCUT2D eigenvalue weighted by molar-refractivity contribution is 0.504. The van der Waals surface area contributed by atoms with Crippen molar-refractivity contribution in [3.8, 4) is 0 Å². The van der Waals surface area contributed by atoms with Crippen molar-refractivity contribution in [1.29, 1.82) is 0 Å². The highest BCUT2D eigenvalue weighted by molar-refractivity contribution is 6.63. The van der Waals surface area contributed by atoms with Crippen LogP contribution in [0, 0.1) is 0 Å². The molecule has 7 heteroatoms. The molecule has 0 unspecified atom stereocenters. The molecule has 1 aliphatic carbocycles. The Morgan fingerprint density at radius 2 is 0.833 bits per heavy atom. The Labute approximate surface area is 192 Å². The summed E-state index contributed by atoms with van der Waals surface area (Å²) in [4.78, 5) is 0. The van der Waals surface area contributed by atoms with Gasteiger partial charge in [-0.25, -0.2) is 0 Å². The lowest BCUT2D eigenvalue weighted by Crippen LogP contribution is -2.60. The largest absolute Gasteiger partial charge is 0.114 e. The molecule has 0 atom stereocenters. The van der Waals surface area contributed by atoms with Gasteiger partial charge >= 0.3 is 0 Å². The van der Waals surface area contributed by atoms with E-state index in [4.69, 9.17) is 54.9 Å². The summed E-state index contributed by atoms with van der Waals surface area (Å²) in [5.74, 6) is 0. The van der Waals surface area contributed by atoms with E-state index in [1.165, 1.54) is 0 Å². The van der Waals surface area contributed by atoms with Gasteiger partial charge in [0.05, 0.1) is 0 Å². The molecule has 136 valence electrons. The zero-order chi connectivity index (χ0) is 23.1. The second-order valence-electron chi connectivity index (χ2n) is 10.3. The first-order chi connectivity index (χ1) is 13.5. The Kier molecular flexibility index (Phi) is 5.45. The van der Waals surface area contributed by atoms with Gasteiger partial charge in [-0.1, -0.05) is 75.9 Å². The molecule has 2 aromatic rings. The van der Waals surface area contributed by atoms with Crippen molar-refractivity contribution in [2.45, 2.75) is 71.1 Å². The van der Waals surface area contributed by atoms with Crippen LogP contribution in [0.1, 0.15) is 82.7 Å². The van der Waals surface area contributed by atoms with E-state index >= 15 is 0 Å². The fourth-order valence-electron chi connectivity index (χ4n) is 5.39. The molecule has 2 aromatic carbocycles. The molecule has 0 saturated heterocycles. The highest BCUT2D eigenvalue weighted by Crippen LogP contribution is 2.47. The topological polar surface area (TPSA) is 0 Å². The van der Waals surface area contributed by atoms with Gasteiger partial charge < -0.3 is 0 Å². The van der Waals surface area contributed by atoms with E-state index in [1.807, 2.05) is 13.8 Å². The Balaban J connectivity index is 2.62. The van der Waals surface area contributed by atoms with Crippen LogP contribution in [0.4, 0.5) is 0 Å². The lowest BCUT2D eigenvalue weighted by atomic mass is 9.47. The Morgan fingerprint density at radius 1 is 0.533 bits per heavy atom. The first-order valence-electron chi connectivity index (χ1n) is 10.3. The molecule has 0 bridgehead atoms. The van der Waals surface area contributed by atoms with E-state index in [1.54, 1.807) is 0 Å². The van der Waals surface area contributed by atoms with Gasteiger partial charge in [0.25, 0.3) is 0 Å². The van der Waals surface area contributed by atoms with Crippen molar-refractivity contribution >= 4 is 93.2 Å². The Bertz CT molecular complexity index is 1080. The average molecular weight is 375 g/mol. The summed E-state index contributed by atoms with van der Waals surface area (Å²) in [7, 11) is 45.7. The van der Waals surface area contributed by atoms with E-state index in [0.717, 1.165) is 34.2 Å². The van der Waals surface area contributed by atoms with Crippen molar-refractivity contribution in [2.24, 2.45) is 0 Å². The first kappa shape index (κ1) is 23.6. The standard InChI is InChI=1S/C23H23B7/c1-8-21(2,3)13-14(24)9-10(15(25)18(13)28)23(6,7)12-11(22(9,4)5)16(26)19(29)20(30)17(12)27/h8H2,1-7H3. The molecule has 0 fully saturated rings. The van der Waals surface area contributed by atoms with Crippen molar-refractivity contribution in [2.75, 3.05) is 0 Å². The van der Waals surface area contributed by atoms with Gasteiger partial charge in [0.2, 0.25) is 0 Å². The molecule has 0 amide bonds. The highest BCUT2D eigenvalue weighted by atomic mass is 14.5. The molecule has 3 rings (SSSR count). The minimum Gasteiger partial charge on any atom is -0.111 e. The van der Waals surface area contributed by atoms with E-state index in [-0.39, 0.29) is 5.41 Å². The molecule has 0 heterocycles. The van der Waals surface area contributed by atoms with Gasteiger partial charge in [-0.05, 0) is 34.1 Å². The van der Waals surface area contributed by atoms with Crippen LogP contribution in [-0.2, 0) is 16.2 Å². The van der Waals surface area contributed by atoms with E-state index in [0.29, 0.717) is 38.2 Å². The number of benzene rings is 2. The highest BCUT2D eigenvalue weighted by Gasteiger charge is 2.46. The molecule has 0 nitrogen and oxygen atoms in total. The van der Waals surface area contributed by atoms with Crippen LogP contribution in [0.25, 0.3) is 0 Å². The van der Waals surface area contributed by atoms with E-state index in [9.17, 15) is 0 Å². The molecule has 0 aliphatic heterocycles.